The lowest BCUT2D eigenvalue weighted by Crippen LogP contribution is -2.38. The number of hydrogen-bond donors (Lipinski definition) is 0. The molecule has 2 aromatic rings. The molecule has 1 aliphatic heterocycles. The fourth-order valence-electron chi connectivity index (χ4n) is 2.97. The van der Waals surface area contributed by atoms with E-state index >= 15 is 0 Å². The van der Waals surface area contributed by atoms with E-state index in [1.807, 2.05) is 13.0 Å². The first-order valence-electron chi connectivity index (χ1n) is 7.56. The number of piperidine rings is 1. The zero-order valence-electron chi connectivity index (χ0n) is 12.6. The molecule has 116 valence electrons. The van der Waals surface area contributed by atoms with Crippen LogP contribution in [0.1, 0.15) is 34.7 Å². The number of carbonyl (C=O) groups is 1. The second kappa shape index (κ2) is 6.40. The maximum absolute atomic E-state index is 13.0. The van der Waals surface area contributed by atoms with E-state index in [1.165, 1.54) is 12.1 Å². The Hall–Kier alpha value is -2.01. The predicted molar refractivity (Wildman–Crippen MR) is 80.0 cm³/mol. The number of ketones is 1. The third-order valence-electron chi connectivity index (χ3n) is 4.06. The van der Waals surface area contributed by atoms with Crippen molar-refractivity contribution in [3.05, 3.63) is 53.2 Å². The molecular weight excluding hydrogens is 283 g/mol. The summed E-state index contributed by atoms with van der Waals surface area (Å²) in [6, 6.07) is 7.73. The molecule has 0 spiro atoms. The molecule has 2 heterocycles. The van der Waals surface area contributed by atoms with Crippen LogP contribution in [0.4, 0.5) is 4.39 Å². The Morgan fingerprint density at radius 3 is 2.86 bits per heavy atom. The van der Waals surface area contributed by atoms with Gasteiger partial charge in [0.25, 0.3) is 0 Å². The Kier molecular flexibility index (Phi) is 4.34. The quantitative estimate of drug-likeness (QED) is 0.814. The number of carbonyl (C=O) groups excluding carboxylic acids is 1. The molecule has 0 bridgehead atoms. The highest BCUT2D eigenvalue weighted by Gasteiger charge is 2.27. The molecule has 0 amide bonds. The third kappa shape index (κ3) is 3.42. The standard InChI is InChI=1S/C17H19FN2O2/c1-12-9-16(22-19-12)11-20-8-2-3-14(10-20)17(21)13-4-6-15(18)7-5-13/h4-7,9,14H,2-3,8,10-11H2,1H3/t14-/m0/s1. The minimum absolute atomic E-state index is 0.0387. The molecule has 1 aromatic carbocycles. The van der Waals surface area contributed by atoms with Crippen molar-refractivity contribution in [3.63, 3.8) is 0 Å². The van der Waals surface area contributed by atoms with E-state index in [-0.39, 0.29) is 17.5 Å². The van der Waals surface area contributed by atoms with Gasteiger partial charge in [0.15, 0.2) is 11.5 Å². The number of rotatable bonds is 4. The first-order valence-corrected chi connectivity index (χ1v) is 7.56. The Labute approximate surface area is 128 Å². The number of nitrogens with zero attached hydrogens (tertiary/aromatic N) is 2. The Balaban J connectivity index is 1.64. The summed E-state index contributed by atoms with van der Waals surface area (Å²) in [7, 11) is 0. The molecule has 1 saturated heterocycles. The van der Waals surface area contributed by atoms with E-state index < -0.39 is 0 Å². The van der Waals surface area contributed by atoms with Gasteiger partial charge in [0.05, 0.1) is 12.2 Å². The summed E-state index contributed by atoms with van der Waals surface area (Å²) < 4.78 is 18.2. The van der Waals surface area contributed by atoms with Crippen LogP contribution in [-0.2, 0) is 6.54 Å². The maximum Gasteiger partial charge on any atom is 0.167 e. The number of hydrogen-bond acceptors (Lipinski definition) is 4. The number of halogens is 1. The zero-order valence-corrected chi connectivity index (χ0v) is 12.6. The number of aromatic nitrogens is 1. The molecule has 1 aliphatic rings. The van der Waals surface area contributed by atoms with Gasteiger partial charge >= 0.3 is 0 Å². The smallest absolute Gasteiger partial charge is 0.167 e. The third-order valence-corrected chi connectivity index (χ3v) is 4.06. The van der Waals surface area contributed by atoms with E-state index in [1.54, 1.807) is 12.1 Å². The van der Waals surface area contributed by atoms with Gasteiger partial charge in [0, 0.05) is 24.1 Å². The second-order valence-electron chi connectivity index (χ2n) is 5.88. The highest BCUT2D eigenvalue weighted by atomic mass is 19.1. The topological polar surface area (TPSA) is 46.3 Å². The van der Waals surface area contributed by atoms with Gasteiger partial charge in [-0.3, -0.25) is 9.69 Å². The summed E-state index contributed by atoms with van der Waals surface area (Å²) in [5.74, 6) is 0.566. The molecule has 22 heavy (non-hydrogen) atoms. The molecular formula is C17H19FN2O2. The van der Waals surface area contributed by atoms with Gasteiger partial charge in [-0.05, 0) is 50.6 Å². The Bertz CT molecular complexity index is 651. The lowest BCUT2D eigenvalue weighted by molar-refractivity contribution is 0.0799. The van der Waals surface area contributed by atoms with E-state index in [0.29, 0.717) is 18.7 Å². The Morgan fingerprint density at radius 1 is 1.41 bits per heavy atom. The van der Waals surface area contributed by atoms with Crippen LogP contribution in [0.25, 0.3) is 0 Å². The van der Waals surface area contributed by atoms with E-state index in [4.69, 9.17) is 4.52 Å². The van der Waals surface area contributed by atoms with Gasteiger partial charge in [0.1, 0.15) is 5.82 Å². The first-order chi connectivity index (χ1) is 10.6. The van der Waals surface area contributed by atoms with Crippen molar-refractivity contribution in [1.29, 1.82) is 0 Å². The molecule has 0 N–H and O–H groups in total. The lowest BCUT2D eigenvalue weighted by atomic mass is 9.90. The van der Waals surface area contributed by atoms with Gasteiger partial charge in [-0.2, -0.15) is 0 Å². The second-order valence-corrected chi connectivity index (χ2v) is 5.88. The van der Waals surface area contributed by atoms with Crippen molar-refractivity contribution in [2.75, 3.05) is 13.1 Å². The summed E-state index contributed by atoms with van der Waals surface area (Å²) in [6.45, 7) is 4.22. The molecule has 4 nitrogen and oxygen atoms in total. The van der Waals surface area contributed by atoms with Crippen LogP contribution in [0.3, 0.4) is 0 Å². The van der Waals surface area contributed by atoms with Gasteiger partial charge in [-0.25, -0.2) is 4.39 Å². The van der Waals surface area contributed by atoms with E-state index in [0.717, 1.165) is 30.8 Å². The lowest BCUT2D eigenvalue weighted by Gasteiger charge is -2.31. The minimum atomic E-state index is -0.317. The van der Waals surface area contributed by atoms with Gasteiger partial charge in [-0.15, -0.1) is 0 Å². The summed E-state index contributed by atoms with van der Waals surface area (Å²) >= 11 is 0. The van der Waals surface area contributed by atoms with Crippen LogP contribution in [0.2, 0.25) is 0 Å². The van der Waals surface area contributed by atoms with E-state index in [2.05, 4.69) is 10.1 Å². The monoisotopic (exact) mass is 302 g/mol. The van der Waals surface area contributed by atoms with Crippen molar-refractivity contribution < 1.29 is 13.7 Å². The fourth-order valence-corrected chi connectivity index (χ4v) is 2.97. The minimum Gasteiger partial charge on any atom is -0.360 e. The number of likely N-dealkylation sites (tertiary alicyclic amines) is 1. The van der Waals surface area contributed by atoms with Crippen LogP contribution in [-0.4, -0.2) is 28.9 Å². The normalized spacial score (nSPS) is 19.3. The summed E-state index contributed by atoms with van der Waals surface area (Å²) in [5.41, 5.74) is 1.45. The summed E-state index contributed by atoms with van der Waals surface area (Å²) in [5, 5.41) is 3.89. The predicted octanol–water partition coefficient (Wildman–Crippen LogP) is 3.22. The number of aryl methyl sites for hydroxylation is 1. The van der Waals surface area contributed by atoms with Crippen LogP contribution in [0, 0.1) is 18.7 Å². The molecule has 0 unspecified atom stereocenters. The summed E-state index contributed by atoms with van der Waals surface area (Å²) in [6.07, 6.45) is 1.85. The zero-order chi connectivity index (χ0) is 15.5. The van der Waals surface area contributed by atoms with Gasteiger partial charge in [-0.1, -0.05) is 5.16 Å². The van der Waals surface area contributed by atoms with Crippen LogP contribution >= 0.6 is 0 Å². The molecule has 1 fully saturated rings. The van der Waals surface area contributed by atoms with E-state index in [9.17, 15) is 9.18 Å². The van der Waals surface area contributed by atoms with Gasteiger partial charge < -0.3 is 4.52 Å². The summed E-state index contributed by atoms with van der Waals surface area (Å²) in [4.78, 5) is 14.7. The number of Topliss-reactive ketones (excluding diaryl/α,β-unsaturated/α-hetero) is 1. The molecule has 0 saturated carbocycles. The van der Waals surface area contributed by atoms with Crippen LogP contribution < -0.4 is 0 Å². The largest absolute Gasteiger partial charge is 0.360 e. The molecule has 1 atom stereocenters. The molecule has 1 aromatic heterocycles. The van der Waals surface area contributed by atoms with Crippen molar-refractivity contribution in [3.8, 4) is 0 Å². The SMILES string of the molecule is Cc1cc(CN2CCC[C@H](C(=O)c3ccc(F)cc3)C2)on1. The average Bonchev–Trinajstić information content (AvgIpc) is 2.93. The average molecular weight is 302 g/mol. The first kappa shape index (κ1) is 14.9. The Morgan fingerprint density at radius 2 is 2.18 bits per heavy atom. The molecule has 0 radical (unpaired) electrons. The fraction of sp³-hybridized carbons (Fsp3) is 0.412. The van der Waals surface area contributed by atoms with Crippen molar-refractivity contribution in [2.24, 2.45) is 5.92 Å². The maximum atomic E-state index is 13.0. The highest BCUT2D eigenvalue weighted by molar-refractivity contribution is 5.98. The molecule has 5 heteroatoms. The van der Waals surface area contributed by atoms with Crippen molar-refractivity contribution in [2.45, 2.75) is 26.3 Å². The highest BCUT2D eigenvalue weighted by Crippen LogP contribution is 2.22. The van der Waals surface area contributed by atoms with Crippen LogP contribution in [0.5, 0.6) is 0 Å². The van der Waals surface area contributed by atoms with Gasteiger partial charge in [0.2, 0.25) is 0 Å². The number of benzene rings is 1. The van der Waals surface area contributed by atoms with Crippen LogP contribution in [0.15, 0.2) is 34.9 Å². The van der Waals surface area contributed by atoms with Crippen molar-refractivity contribution in [1.82, 2.24) is 10.1 Å². The molecule has 0 aliphatic carbocycles. The van der Waals surface area contributed by atoms with Crippen molar-refractivity contribution >= 4 is 5.78 Å². The molecule has 3 rings (SSSR count).